The average Bonchev–Trinajstić information content (AvgIpc) is 2.94. The van der Waals surface area contributed by atoms with Gasteiger partial charge in [-0.25, -0.2) is 0 Å². The fourth-order valence-corrected chi connectivity index (χ4v) is 4.85. The van der Waals surface area contributed by atoms with Crippen molar-refractivity contribution < 1.29 is 48.1 Å². The lowest BCUT2D eigenvalue weighted by Crippen LogP contribution is -2.01. The molecule has 0 aromatic heterocycles. The fourth-order valence-electron chi connectivity index (χ4n) is 4.85. The maximum Gasteiger partial charge on any atom is 0.203 e. The Morgan fingerprint density at radius 2 is 0.711 bits per heavy atom. The molecule has 0 saturated heterocycles. The van der Waals surface area contributed by atoms with Crippen LogP contribution in [0.5, 0.6) is 57.5 Å². The van der Waals surface area contributed by atoms with Crippen molar-refractivity contribution in [2.75, 3.05) is 56.9 Å². The Labute approximate surface area is 219 Å². The van der Waals surface area contributed by atoms with Gasteiger partial charge in [0.05, 0.1) is 56.9 Å². The number of ether oxygens (including phenoxy) is 8. The van der Waals surface area contributed by atoms with Crippen LogP contribution in [0.25, 0.3) is 32.7 Å². The van der Waals surface area contributed by atoms with E-state index in [0.717, 1.165) is 0 Å². The second kappa shape index (κ2) is 10.4. The van der Waals surface area contributed by atoms with Crippen LogP contribution in [0.4, 0.5) is 0 Å². The molecule has 0 radical (unpaired) electrons. The van der Waals surface area contributed by atoms with Gasteiger partial charge < -0.3 is 48.1 Å². The van der Waals surface area contributed by atoms with E-state index in [-0.39, 0.29) is 34.1 Å². The van der Waals surface area contributed by atoms with E-state index in [1.807, 2.05) is 0 Å². The second-order valence-corrected chi connectivity index (χ2v) is 8.08. The van der Waals surface area contributed by atoms with Gasteiger partial charge >= 0.3 is 0 Å². The summed E-state index contributed by atoms with van der Waals surface area (Å²) in [6.07, 6.45) is 0. The number of benzene rings is 4. The molecule has 0 spiro atoms. The van der Waals surface area contributed by atoms with E-state index in [4.69, 9.17) is 37.9 Å². The zero-order valence-corrected chi connectivity index (χ0v) is 22.5. The zero-order valence-electron chi connectivity index (χ0n) is 22.5. The summed E-state index contributed by atoms with van der Waals surface area (Å²) in [7, 11) is 11.9. The molecule has 0 saturated carbocycles. The quantitative estimate of drug-likeness (QED) is 0.304. The van der Waals surface area contributed by atoms with Crippen LogP contribution < -0.4 is 37.9 Å². The zero-order chi connectivity index (χ0) is 27.7. The van der Waals surface area contributed by atoms with Gasteiger partial charge in [-0.3, -0.25) is 0 Å². The first kappa shape index (κ1) is 26.5. The normalized spacial score (nSPS) is 10.8. The standard InChI is InChI=1S/C28H30O10/c1-31-17-11-15(29)23(21-13(17)9-19(33-3)25(35-5)27(21)37-7)24-16(30)12-18(32-2)14-10-20(34-4)26(36-6)28(38-8)22(14)24/h9-12,29-30H,1-8H3. The number of phenols is 2. The van der Waals surface area contributed by atoms with Gasteiger partial charge in [0.25, 0.3) is 0 Å². The Kier molecular flexibility index (Phi) is 7.25. The first-order valence-electron chi connectivity index (χ1n) is 11.4. The van der Waals surface area contributed by atoms with Crippen LogP contribution in [-0.4, -0.2) is 67.1 Å². The molecule has 2 N–H and O–H groups in total. The van der Waals surface area contributed by atoms with E-state index in [1.54, 1.807) is 12.1 Å². The summed E-state index contributed by atoms with van der Waals surface area (Å²) in [5.74, 6) is 2.19. The van der Waals surface area contributed by atoms with E-state index < -0.39 is 0 Å². The summed E-state index contributed by atoms with van der Waals surface area (Å²) in [5, 5.41) is 24.8. The molecular weight excluding hydrogens is 496 g/mol. The number of phenolic OH excluding ortho intramolecular Hbond substituents is 2. The van der Waals surface area contributed by atoms with Crippen molar-refractivity contribution in [3.63, 3.8) is 0 Å². The fraction of sp³-hybridized carbons (Fsp3) is 0.286. The number of hydrogen-bond acceptors (Lipinski definition) is 10. The third kappa shape index (κ3) is 3.80. The molecule has 0 aliphatic carbocycles. The highest BCUT2D eigenvalue weighted by Crippen LogP contribution is 2.58. The van der Waals surface area contributed by atoms with Crippen LogP contribution in [0.1, 0.15) is 0 Å². The largest absolute Gasteiger partial charge is 0.507 e. The lowest BCUT2D eigenvalue weighted by atomic mass is 9.90. The molecule has 4 rings (SSSR count). The van der Waals surface area contributed by atoms with Crippen LogP contribution in [0.3, 0.4) is 0 Å². The maximum absolute atomic E-state index is 11.4. The predicted octanol–water partition coefficient (Wildman–Crippen LogP) is 5.14. The Balaban J connectivity index is 2.36. The molecule has 0 amide bonds. The second-order valence-electron chi connectivity index (χ2n) is 8.08. The molecule has 0 heterocycles. The van der Waals surface area contributed by atoms with Gasteiger partial charge in [0, 0.05) is 44.8 Å². The highest BCUT2D eigenvalue weighted by atomic mass is 16.5. The van der Waals surface area contributed by atoms with Crippen molar-refractivity contribution in [3.8, 4) is 68.6 Å². The highest BCUT2D eigenvalue weighted by Gasteiger charge is 2.30. The Morgan fingerprint density at radius 3 is 0.974 bits per heavy atom. The molecular formula is C28H30O10. The topological polar surface area (TPSA) is 114 Å². The van der Waals surface area contributed by atoms with Gasteiger partial charge in [-0.2, -0.15) is 0 Å². The number of fused-ring (bicyclic) bond motifs is 2. The Bertz CT molecular complexity index is 1410. The summed E-state index contributed by atoms with van der Waals surface area (Å²) in [6.45, 7) is 0. The lowest BCUT2D eigenvalue weighted by molar-refractivity contribution is 0.326. The first-order valence-corrected chi connectivity index (χ1v) is 11.4. The number of methoxy groups -OCH3 is 8. The Hall–Kier alpha value is -4.60. The molecule has 0 unspecified atom stereocenters. The molecule has 0 aliphatic heterocycles. The van der Waals surface area contributed by atoms with E-state index in [9.17, 15) is 10.2 Å². The number of hydrogen-bond donors (Lipinski definition) is 2. The van der Waals surface area contributed by atoms with Crippen molar-refractivity contribution in [2.45, 2.75) is 0 Å². The van der Waals surface area contributed by atoms with Gasteiger partial charge in [-0.15, -0.1) is 0 Å². The molecule has 0 aliphatic rings. The lowest BCUT2D eigenvalue weighted by Gasteiger charge is -2.23. The molecule has 0 bridgehead atoms. The molecule has 4 aromatic rings. The predicted molar refractivity (Wildman–Crippen MR) is 143 cm³/mol. The minimum absolute atomic E-state index is 0.196. The molecule has 0 atom stereocenters. The van der Waals surface area contributed by atoms with Crippen molar-refractivity contribution >= 4 is 21.5 Å². The van der Waals surface area contributed by atoms with Gasteiger partial charge in [0.2, 0.25) is 11.5 Å². The minimum Gasteiger partial charge on any atom is -0.507 e. The third-order valence-corrected chi connectivity index (χ3v) is 6.43. The average molecular weight is 527 g/mol. The van der Waals surface area contributed by atoms with Crippen molar-refractivity contribution in [3.05, 3.63) is 24.3 Å². The van der Waals surface area contributed by atoms with Crippen LogP contribution in [-0.2, 0) is 0 Å². The van der Waals surface area contributed by atoms with Gasteiger partial charge in [-0.1, -0.05) is 0 Å². The number of rotatable bonds is 9. The van der Waals surface area contributed by atoms with E-state index >= 15 is 0 Å². The van der Waals surface area contributed by atoms with E-state index in [2.05, 4.69) is 0 Å². The van der Waals surface area contributed by atoms with Gasteiger partial charge in [0.15, 0.2) is 23.0 Å². The SMILES string of the molecule is COc1cc2c(OC)cc(O)c(-c3c(O)cc(OC)c4cc(OC)c(OC)c(OC)c34)c2c(OC)c1OC. The van der Waals surface area contributed by atoms with Crippen LogP contribution in [0.2, 0.25) is 0 Å². The molecule has 38 heavy (non-hydrogen) atoms. The molecule has 202 valence electrons. The Morgan fingerprint density at radius 1 is 0.395 bits per heavy atom. The van der Waals surface area contributed by atoms with Crippen molar-refractivity contribution in [1.82, 2.24) is 0 Å². The smallest absolute Gasteiger partial charge is 0.203 e. The van der Waals surface area contributed by atoms with Crippen LogP contribution in [0.15, 0.2) is 24.3 Å². The molecule has 10 heteroatoms. The monoisotopic (exact) mass is 526 g/mol. The van der Waals surface area contributed by atoms with E-state index in [0.29, 0.717) is 56.0 Å². The molecule has 4 aromatic carbocycles. The van der Waals surface area contributed by atoms with Crippen molar-refractivity contribution in [1.29, 1.82) is 0 Å². The van der Waals surface area contributed by atoms with Crippen LogP contribution >= 0.6 is 0 Å². The highest BCUT2D eigenvalue weighted by molar-refractivity contribution is 6.17. The molecule has 10 nitrogen and oxygen atoms in total. The first-order chi connectivity index (χ1) is 18.3. The number of aromatic hydroxyl groups is 2. The summed E-state index contributed by atoms with van der Waals surface area (Å²) in [6, 6.07) is 6.32. The van der Waals surface area contributed by atoms with E-state index in [1.165, 1.54) is 69.0 Å². The van der Waals surface area contributed by atoms with Gasteiger partial charge in [-0.05, 0) is 12.1 Å². The maximum atomic E-state index is 11.4. The third-order valence-electron chi connectivity index (χ3n) is 6.43. The van der Waals surface area contributed by atoms with Crippen molar-refractivity contribution in [2.24, 2.45) is 0 Å². The minimum atomic E-state index is -0.196. The summed E-state index contributed by atoms with van der Waals surface area (Å²) in [4.78, 5) is 0. The van der Waals surface area contributed by atoms with Gasteiger partial charge in [0.1, 0.15) is 23.0 Å². The molecule has 0 fully saturated rings. The van der Waals surface area contributed by atoms with Crippen LogP contribution in [0, 0.1) is 0 Å². The summed E-state index contributed by atoms with van der Waals surface area (Å²) >= 11 is 0. The summed E-state index contributed by atoms with van der Waals surface area (Å²) < 4.78 is 45.1. The summed E-state index contributed by atoms with van der Waals surface area (Å²) in [5.41, 5.74) is 0.462.